The second kappa shape index (κ2) is 6.91. The number of hydrogen-bond acceptors (Lipinski definition) is 3. The van der Waals surface area contributed by atoms with E-state index in [2.05, 4.69) is 5.10 Å². The molecule has 1 aliphatic rings. The Labute approximate surface area is 134 Å². The van der Waals surface area contributed by atoms with Crippen LogP contribution in [0.15, 0.2) is 36.5 Å². The molecule has 1 amide bonds. The highest BCUT2D eigenvalue weighted by molar-refractivity contribution is 5.78. The number of benzene rings is 1. The van der Waals surface area contributed by atoms with Crippen LogP contribution in [0.1, 0.15) is 11.3 Å². The lowest BCUT2D eigenvalue weighted by Gasteiger charge is -2.24. The normalized spacial score (nSPS) is 17.7. The number of hydrogen-bond donors (Lipinski definition) is 0. The van der Waals surface area contributed by atoms with Gasteiger partial charge in [-0.2, -0.15) is 5.10 Å². The Morgan fingerprint density at radius 3 is 2.83 bits per heavy atom. The summed E-state index contributed by atoms with van der Waals surface area (Å²) < 4.78 is 20.2. The zero-order chi connectivity index (χ0) is 16.2. The Morgan fingerprint density at radius 1 is 1.30 bits per heavy atom. The molecule has 2 heterocycles. The van der Waals surface area contributed by atoms with Crippen LogP contribution in [0.4, 0.5) is 4.39 Å². The van der Waals surface area contributed by atoms with Crippen LogP contribution >= 0.6 is 0 Å². The first kappa shape index (κ1) is 15.7. The molecule has 0 spiro atoms. The number of rotatable bonds is 4. The first-order valence-electron chi connectivity index (χ1n) is 7.67. The lowest BCUT2D eigenvalue weighted by Crippen LogP contribution is -2.36. The van der Waals surface area contributed by atoms with E-state index in [1.54, 1.807) is 25.4 Å². The molecule has 0 unspecified atom stereocenters. The van der Waals surface area contributed by atoms with Crippen LogP contribution in [0, 0.1) is 11.7 Å². The van der Waals surface area contributed by atoms with Gasteiger partial charge in [0.05, 0.1) is 25.3 Å². The van der Waals surface area contributed by atoms with Crippen molar-refractivity contribution in [2.45, 2.75) is 19.5 Å². The van der Waals surface area contributed by atoms with Gasteiger partial charge < -0.3 is 9.64 Å². The summed E-state index contributed by atoms with van der Waals surface area (Å²) in [5.74, 6) is -0.0503. The number of amides is 1. The highest BCUT2D eigenvalue weighted by atomic mass is 19.1. The smallest absolute Gasteiger partial charge is 0.227 e. The number of fused-ring (bicyclic) bond motifs is 1. The summed E-state index contributed by atoms with van der Waals surface area (Å²) in [5.41, 5.74) is 1.84. The van der Waals surface area contributed by atoms with Crippen molar-refractivity contribution < 1.29 is 13.9 Å². The molecular weight excluding hydrogens is 297 g/mol. The van der Waals surface area contributed by atoms with Gasteiger partial charge >= 0.3 is 0 Å². The van der Waals surface area contributed by atoms with Crippen LogP contribution in [-0.2, 0) is 29.0 Å². The molecule has 0 saturated heterocycles. The molecular formula is C17H20FN3O2. The van der Waals surface area contributed by atoms with E-state index in [-0.39, 0.29) is 24.1 Å². The number of halogens is 1. The molecule has 1 atom stereocenters. The second-order valence-electron chi connectivity index (χ2n) is 5.90. The molecule has 0 saturated carbocycles. The van der Waals surface area contributed by atoms with Gasteiger partial charge in [-0.15, -0.1) is 0 Å². The first-order chi connectivity index (χ1) is 11.2. The Kier molecular flexibility index (Phi) is 4.71. The zero-order valence-electron chi connectivity index (χ0n) is 13.1. The molecule has 1 aromatic heterocycles. The highest BCUT2D eigenvalue weighted by Crippen LogP contribution is 2.17. The SMILES string of the molecule is COC[C@@H]1CN(C(=O)Cc2ccc(F)cc2)Cc2ccnn2C1. The van der Waals surface area contributed by atoms with E-state index in [9.17, 15) is 9.18 Å². The number of nitrogens with zero attached hydrogens (tertiary/aromatic N) is 3. The van der Waals surface area contributed by atoms with Crippen molar-refractivity contribution in [1.82, 2.24) is 14.7 Å². The van der Waals surface area contributed by atoms with Crippen molar-refractivity contribution in [3.05, 3.63) is 53.6 Å². The lowest BCUT2D eigenvalue weighted by atomic mass is 10.1. The van der Waals surface area contributed by atoms with Crippen molar-refractivity contribution >= 4 is 5.91 Å². The third-order valence-electron chi connectivity index (χ3n) is 4.09. The summed E-state index contributed by atoms with van der Waals surface area (Å²) in [6.45, 7) is 2.51. The van der Waals surface area contributed by atoms with E-state index in [1.165, 1.54) is 12.1 Å². The van der Waals surface area contributed by atoms with E-state index in [4.69, 9.17) is 4.74 Å². The number of aromatic nitrogens is 2. The minimum atomic E-state index is -0.292. The fourth-order valence-corrected chi connectivity index (χ4v) is 2.95. The average molecular weight is 317 g/mol. The number of carbonyl (C=O) groups is 1. The third kappa shape index (κ3) is 3.76. The van der Waals surface area contributed by atoms with Crippen LogP contribution in [0.25, 0.3) is 0 Å². The molecule has 0 bridgehead atoms. The van der Waals surface area contributed by atoms with E-state index < -0.39 is 0 Å². The zero-order valence-corrected chi connectivity index (χ0v) is 13.1. The Balaban J connectivity index is 1.74. The summed E-state index contributed by atoms with van der Waals surface area (Å²) in [5, 5.41) is 4.32. The molecule has 3 rings (SSSR count). The molecule has 0 N–H and O–H groups in total. The van der Waals surface area contributed by atoms with E-state index in [0.717, 1.165) is 17.8 Å². The van der Waals surface area contributed by atoms with Gasteiger partial charge in [0.1, 0.15) is 5.82 Å². The van der Waals surface area contributed by atoms with Gasteiger partial charge in [-0.1, -0.05) is 12.1 Å². The van der Waals surface area contributed by atoms with Crippen molar-refractivity contribution in [3.63, 3.8) is 0 Å². The largest absolute Gasteiger partial charge is 0.384 e. The fraction of sp³-hybridized carbons (Fsp3) is 0.412. The Bertz CT molecular complexity index is 669. The maximum atomic E-state index is 13.0. The van der Waals surface area contributed by atoms with Crippen molar-refractivity contribution in [2.24, 2.45) is 5.92 Å². The summed E-state index contributed by atoms with van der Waals surface area (Å²) in [7, 11) is 1.67. The molecule has 6 heteroatoms. The molecule has 23 heavy (non-hydrogen) atoms. The third-order valence-corrected chi connectivity index (χ3v) is 4.09. The number of methoxy groups -OCH3 is 1. The van der Waals surface area contributed by atoms with Gasteiger partial charge in [-0.3, -0.25) is 9.48 Å². The van der Waals surface area contributed by atoms with Gasteiger partial charge in [0.2, 0.25) is 5.91 Å². The van der Waals surface area contributed by atoms with Crippen LogP contribution < -0.4 is 0 Å². The van der Waals surface area contributed by atoms with Gasteiger partial charge in [-0.25, -0.2) is 4.39 Å². The van der Waals surface area contributed by atoms with E-state index in [0.29, 0.717) is 19.7 Å². The minimum Gasteiger partial charge on any atom is -0.384 e. The number of carbonyl (C=O) groups excluding carboxylic acids is 1. The molecule has 0 radical (unpaired) electrons. The van der Waals surface area contributed by atoms with Crippen LogP contribution in [0.5, 0.6) is 0 Å². The molecule has 5 nitrogen and oxygen atoms in total. The molecule has 0 aliphatic carbocycles. The van der Waals surface area contributed by atoms with Gasteiger partial charge in [0.25, 0.3) is 0 Å². The first-order valence-corrected chi connectivity index (χ1v) is 7.67. The standard InChI is InChI=1S/C17H20FN3O2/c1-23-12-14-9-20(11-16-6-7-19-21(16)10-14)17(22)8-13-2-4-15(18)5-3-13/h2-7,14H,8-12H2,1H3/t14-/m1/s1. The minimum absolute atomic E-state index is 0.0346. The maximum Gasteiger partial charge on any atom is 0.227 e. The molecule has 122 valence electrons. The van der Waals surface area contributed by atoms with Gasteiger partial charge in [-0.05, 0) is 23.8 Å². The molecule has 1 aliphatic heterocycles. The van der Waals surface area contributed by atoms with E-state index >= 15 is 0 Å². The van der Waals surface area contributed by atoms with Crippen molar-refractivity contribution in [2.75, 3.05) is 20.3 Å². The lowest BCUT2D eigenvalue weighted by molar-refractivity contribution is -0.131. The monoisotopic (exact) mass is 317 g/mol. The topological polar surface area (TPSA) is 47.4 Å². The fourth-order valence-electron chi connectivity index (χ4n) is 2.95. The summed E-state index contributed by atoms with van der Waals surface area (Å²) >= 11 is 0. The van der Waals surface area contributed by atoms with Crippen LogP contribution in [0.3, 0.4) is 0 Å². The van der Waals surface area contributed by atoms with Crippen LogP contribution in [-0.4, -0.2) is 40.8 Å². The second-order valence-corrected chi connectivity index (χ2v) is 5.90. The van der Waals surface area contributed by atoms with Gasteiger partial charge in [0, 0.05) is 32.3 Å². The van der Waals surface area contributed by atoms with Crippen molar-refractivity contribution in [3.8, 4) is 0 Å². The summed E-state index contributed by atoms with van der Waals surface area (Å²) in [4.78, 5) is 14.5. The Hall–Kier alpha value is -2.21. The number of ether oxygens (including phenoxy) is 1. The molecule has 2 aromatic rings. The Morgan fingerprint density at radius 2 is 2.09 bits per heavy atom. The van der Waals surface area contributed by atoms with Gasteiger partial charge in [0.15, 0.2) is 0 Å². The predicted octanol–water partition coefficient (Wildman–Crippen LogP) is 1.87. The molecule has 0 fully saturated rings. The highest BCUT2D eigenvalue weighted by Gasteiger charge is 2.25. The predicted molar refractivity (Wildman–Crippen MR) is 83.1 cm³/mol. The average Bonchev–Trinajstić information content (AvgIpc) is 2.88. The van der Waals surface area contributed by atoms with E-state index in [1.807, 2.05) is 15.6 Å². The maximum absolute atomic E-state index is 13.0. The van der Waals surface area contributed by atoms with Crippen molar-refractivity contribution in [1.29, 1.82) is 0 Å². The summed E-state index contributed by atoms with van der Waals surface area (Å²) in [6.07, 6.45) is 2.03. The molecule has 1 aromatic carbocycles. The quantitative estimate of drug-likeness (QED) is 0.865. The van der Waals surface area contributed by atoms with Crippen LogP contribution in [0.2, 0.25) is 0 Å². The summed E-state index contributed by atoms with van der Waals surface area (Å²) in [6, 6.07) is 8.01.